The minimum absolute atomic E-state index is 0.0135. The van der Waals surface area contributed by atoms with Gasteiger partial charge in [0, 0.05) is 42.5 Å². The van der Waals surface area contributed by atoms with Crippen LogP contribution in [0.4, 0.5) is 5.69 Å². The Bertz CT molecular complexity index is 1570. The van der Waals surface area contributed by atoms with Gasteiger partial charge in [0.15, 0.2) is 11.4 Å². The van der Waals surface area contributed by atoms with E-state index < -0.39 is 6.61 Å². The molecule has 4 aromatic rings. The van der Waals surface area contributed by atoms with Gasteiger partial charge >= 0.3 is 0 Å². The summed E-state index contributed by atoms with van der Waals surface area (Å²) in [6, 6.07) is 18.3. The van der Waals surface area contributed by atoms with Crippen molar-refractivity contribution in [3.8, 4) is 34.3 Å². The molecule has 2 fully saturated rings. The fraction of sp³-hybridized carbons (Fsp3) is 0.375. The Morgan fingerprint density at radius 1 is 1.12 bits per heavy atom. The molecule has 1 saturated heterocycles. The lowest BCUT2D eigenvalue weighted by atomic mass is 10.0. The van der Waals surface area contributed by atoms with E-state index in [0.29, 0.717) is 29.3 Å². The van der Waals surface area contributed by atoms with Gasteiger partial charge in [-0.15, -0.1) is 0 Å². The van der Waals surface area contributed by atoms with Crippen molar-refractivity contribution in [3.63, 3.8) is 0 Å². The van der Waals surface area contributed by atoms with Gasteiger partial charge in [0.1, 0.15) is 24.3 Å². The Hall–Kier alpha value is -4.26. The van der Waals surface area contributed by atoms with E-state index in [4.69, 9.17) is 19.6 Å². The highest BCUT2D eigenvalue weighted by atomic mass is 16.5. The molecular formula is C32H33N5O4. The van der Waals surface area contributed by atoms with Crippen molar-refractivity contribution in [3.05, 3.63) is 60.3 Å². The minimum Gasteiger partial charge on any atom is -0.489 e. The maximum absolute atomic E-state index is 11.5. The summed E-state index contributed by atoms with van der Waals surface area (Å²) in [5.41, 5.74) is 5.84. The zero-order chi connectivity index (χ0) is 28.2. The fourth-order valence-corrected chi connectivity index (χ4v) is 5.85. The van der Waals surface area contributed by atoms with E-state index >= 15 is 0 Å². The summed E-state index contributed by atoms with van der Waals surface area (Å²) >= 11 is 0. The number of anilines is 1. The lowest BCUT2D eigenvalue weighted by Gasteiger charge is -2.28. The number of morpholine rings is 1. The van der Waals surface area contributed by atoms with Crippen molar-refractivity contribution in [2.45, 2.75) is 38.2 Å². The number of rotatable bonds is 9. The van der Waals surface area contributed by atoms with E-state index in [-0.39, 0.29) is 11.9 Å². The number of nitriles is 1. The molecule has 6 rings (SSSR count). The highest BCUT2D eigenvalue weighted by Gasteiger charge is 2.27. The molecule has 0 spiro atoms. The molecule has 9 heteroatoms. The number of carbonyl (C=O) groups is 1. The van der Waals surface area contributed by atoms with Crippen LogP contribution in [0.3, 0.4) is 0 Å². The standard InChI is InChI=1S/C32H33N5O4/c33-19-24-18-23(5-10-29(24)41-27-9-2-21(17-27)1-8-26(39)20-38)28-11-12-34-32-30(28)35-31(36-32)22-3-6-25(7-4-22)37-13-15-40-16-14-37/h3-7,10-12,18,21,27,38H,1-2,8-9,13-17,20H2,(H,34,35,36)/t21?,27-/m1/s1. The van der Waals surface area contributed by atoms with Gasteiger partial charge < -0.3 is 24.5 Å². The van der Waals surface area contributed by atoms with Gasteiger partial charge in [-0.2, -0.15) is 5.26 Å². The summed E-state index contributed by atoms with van der Waals surface area (Å²) in [5, 5.41) is 18.9. The quantitative estimate of drug-likeness (QED) is 0.301. The first-order chi connectivity index (χ1) is 20.1. The third-order valence-electron chi connectivity index (χ3n) is 8.11. The van der Waals surface area contributed by atoms with Crippen LogP contribution in [0.2, 0.25) is 0 Å². The molecule has 3 heterocycles. The number of aliphatic hydroxyl groups is 1. The molecule has 0 radical (unpaired) electrons. The maximum atomic E-state index is 11.5. The van der Waals surface area contributed by atoms with Gasteiger partial charge in [-0.05, 0) is 79.6 Å². The van der Waals surface area contributed by atoms with Gasteiger partial charge in [-0.25, -0.2) is 9.97 Å². The molecular weight excluding hydrogens is 518 g/mol. The van der Waals surface area contributed by atoms with E-state index in [9.17, 15) is 10.1 Å². The van der Waals surface area contributed by atoms with E-state index in [1.165, 1.54) is 5.69 Å². The molecule has 2 aromatic carbocycles. The zero-order valence-electron chi connectivity index (χ0n) is 22.9. The SMILES string of the molecule is N#Cc1cc(-c2ccnc3nc(-c4ccc(N5CCOCC5)cc4)[nH]c23)ccc1O[C@@H]1CCC(CCC(=O)CO)C1. The van der Waals surface area contributed by atoms with Gasteiger partial charge in [0.25, 0.3) is 0 Å². The van der Waals surface area contributed by atoms with Crippen molar-refractivity contribution in [1.29, 1.82) is 5.26 Å². The minimum atomic E-state index is -0.392. The molecule has 0 bridgehead atoms. The number of hydrogen-bond donors (Lipinski definition) is 2. The van der Waals surface area contributed by atoms with Crippen LogP contribution in [0.5, 0.6) is 5.75 Å². The number of nitrogens with zero attached hydrogens (tertiary/aromatic N) is 4. The number of Topliss-reactive ketones (excluding diaryl/α,β-unsaturated/α-hetero) is 1. The smallest absolute Gasteiger partial charge is 0.178 e. The third kappa shape index (κ3) is 5.94. The zero-order valence-corrected chi connectivity index (χ0v) is 22.9. The number of aliphatic hydroxyl groups excluding tert-OH is 1. The van der Waals surface area contributed by atoms with Crippen LogP contribution in [0.25, 0.3) is 33.7 Å². The summed E-state index contributed by atoms with van der Waals surface area (Å²) in [5.74, 6) is 1.60. The van der Waals surface area contributed by atoms with Crippen molar-refractivity contribution in [1.82, 2.24) is 15.0 Å². The number of fused-ring (bicyclic) bond motifs is 1. The first-order valence-electron chi connectivity index (χ1n) is 14.2. The van der Waals surface area contributed by atoms with Gasteiger partial charge in [-0.1, -0.05) is 6.07 Å². The van der Waals surface area contributed by atoms with Crippen LogP contribution in [0.1, 0.15) is 37.7 Å². The summed E-state index contributed by atoms with van der Waals surface area (Å²) in [6.45, 7) is 2.88. The fourth-order valence-electron chi connectivity index (χ4n) is 5.85. The predicted octanol–water partition coefficient (Wildman–Crippen LogP) is 4.89. The predicted molar refractivity (Wildman–Crippen MR) is 156 cm³/mol. The number of carbonyl (C=O) groups excluding carboxylic acids is 1. The van der Waals surface area contributed by atoms with Crippen molar-refractivity contribution >= 4 is 22.6 Å². The summed E-state index contributed by atoms with van der Waals surface area (Å²) in [4.78, 5) is 26.5. The number of ether oxygens (including phenoxy) is 2. The largest absolute Gasteiger partial charge is 0.489 e. The van der Waals surface area contributed by atoms with E-state index in [0.717, 1.165) is 80.0 Å². The first-order valence-corrected chi connectivity index (χ1v) is 14.2. The van der Waals surface area contributed by atoms with Crippen LogP contribution in [0.15, 0.2) is 54.7 Å². The summed E-state index contributed by atoms with van der Waals surface area (Å²) < 4.78 is 11.7. The second-order valence-corrected chi connectivity index (χ2v) is 10.8. The van der Waals surface area contributed by atoms with E-state index in [2.05, 4.69) is 45.2 Å². The van der Waals surface area contributed by atoms with Crippen molar-refractivity contribution < 1.29 is 19.4 Å². The number of ketones is 1. The van der Waals surface area contributed by atoms with Crippen LogP contribution in [-0.2, 0) is 9.53 Å². The highest BCUT2D eigenvalue weighted by Crippen LogP contribution is 2.36. The van der Waals surface area contributed by atoms with Crippen molar-refractivity contribution in [2.24, 2.45) is 5.92 Å². The summed E-state index contributed by atoms with van der Waals surface area (Å²) in [6.07, 6.45) is 5.64. The monoisotopic (exact) mass is 551 g/mol. The molecule has 2 aromatic heterocycles. The average Bonchev–Trinajstić information content (AvgIpc) is 3.67. The molecule has 1 aliphatic heterocycles. The van der Waals surface area contributed by atoms with Crippen LogP contribution >= 0.6 is 0 Å². The Labute approximate surface area is 238 Å². The molecule has 1 saturated carbocycles. The second-order valence-electron chi connectivity index (χ2n) is 10.8. The number of benzene rings is 2. The number of aromatic amines is 1. The van der Waals surface area contributed by atoms with Crippen LogP contribution in [-0.4, -0.2) is 64.9 Å². The first kappa shape index (κ1) is 26.9. The Morgan fingerprint density at radius 2 is 1.93 bits per heavy atom. The Morgan fingerprint density at radius 3 is 2.71 bits per heavy atom. The molecule has 9 nitrogen and oxygen atoms in total. The Balaban J connectivity index is 1.19. The third-order valence-corrected chi connectivity index (χ3v) is 8.11. The highest BCUT2D eigenvalue weighted by molar-refractivity contribution is 5.92. The number of H-pyrrole nitrogens is 1. The molecule has 1 aliphatic carbocycles. The van der Waals surface area contributed by atoms with Crippen molar-refractivity contribution in [2.75, 3.05) is 37.8 Å². The van der Waals surface area contributed by atoms with Crippen LogP contribution in [0, 0.1) is 17.2 Å². The van der Waals surface area contributed by atoms with Gasteiger partial charge in [0.2, 0.25) is 0 Å². The average molecular weight is 552 g/mol. The molecule has 210 valence electrons. The number of pyridine rings is 1. The van der Waals surface area contributed by atoms with Gasteiger partial charge in [0.05, 0.1) is 30.4 Å². The lowest BCUT2D eigenvalue weighted by molar-refractivity contribution is -0.122. The molecule has 41 heavy (non-hydrogen) atoms. The normalized spacial score (nSPS) is 18.9. The van der Waals surface area contributed by atoms with Gasteiger partial charge in [-0.3, -0.25) is 4.79 Å². The molecule has 2 atom stereocenters. The maximum Gasteiger partial charge on any atom is 0.178 e. The number of nitrogens with one attached hydrogen (secondary N) is 1. The molecule has 2 aliphatic rings. The molecule has 0 amide bonds. The molecule has 2 N–H and O–H groups in total. The second kappa shape index (κ2) is 12.1. The van der Waals surface area contributed by atoms with Crippen LogP contribution < -0.4 is 9.64 Å². The number of imidazole rings is 1. The lowest BCUT2D eigenvalue weighted by Crippen LogP contribution is -2.36. The topological polar surface area (TPSA) is 124 Å². The number of hydrogen-bond acceptors (Lipinski definition) is 8. The van der Waals surface area contributed by atoms with E-state index in [1.54, 1.807) is 6.20 Å². The summed E-state index contributed by atoms with van der Waals surface area (Å²) in [7, 11) is 0. The molecule has 1 unspecified atom stereocenters. The Kier molecular flexibility index (Phi) is 7.94. The van der Waals surface area contributed by atoms with E-state index in [1.807, 2.05) is 24.3 Å². The number of aromatic nitrogens is 3.